The topological polar surface area (TPSA) is 55.5 Å². The predicted octanol–water partition coefficient (Wildman–Crippen LogP) is 1.15. The maximum Gasteiger partial charge on any atom is 0.0742 e. The van der Waals surface area contributed by atoms with Crippen molar-refractivity contribution in [3.05, 3.63) is 0 Å². The van der Waals surface area contributed by atoms with Crippen LogP contribution in [0.5, 0.6) is 0 Å². The number of aliphatic hydroxyl groups is 1. The Morgan fingerprint density at radius 1 is 1.46 bits per heavy atom. The largest absolute Gasteiger partial charge is 0.389 e. The highest BCUT2D eigenvalue weighted by atomic mass is 16.5. The molecule has 0 saturated heterocycles. The molecule has 0 aliphatic rings. The Morgan fingerprint density at radius 3 is 2.54 bits per heavy atom. The second-order valence-corrected chi connectivity index (χ2v) is 4.27. The van der Waals surface area contributed by atoms with Crippen molar-refractivity contribution in [1.82, 2.24) is 0 Å². The van der Waals surface area contributed by atoms with E-state index in [1.54, 1.807) is 6.92 Å². The average molecular weight is 189 g/mol. The highest BCUT2D eigenvalue weighted by Crippen LogP contribution is 2.09. The second kappa shape index (κ2) is 6.35. The summed E-state index contributed by atoms with van der Waals surface area (Å²) in [6.07, 6.45) is 1.58. The van der Waals surface area contributed by atoms with E-state index in [2.05, 4.69) is 13.8 Å². The van der Waals surface area contributed by atoms with Crippen molar-refractivity contribution >= 4 is 0 Å². The van der Waals surface area contributed by atoms with Gasteiger partial charge in [0.2, 0.25) is 0 Å². The minimum absolute atomic E-state index is 0.317. The van der Waals surface area contributed by atoms with Crippen molar-refractivity contribution in [3.8, 4) is 0 Å². The molecule has 80 valence electrons. The average Bonchev–Trinajstić information content (AvgIpc) is 2.03. The number of hydrogen-bond acceptors (Lipinski definition) is 3. The molecule has 1 atom stereocenters. The van der Waals surface area contributed by atoms with E-state index in [-0.39, 0.29) is 0 Å². The lowest BCUT2D eigenvalue weighted by atomic mass is 10.0. The molecule has 3 heteroatoms. The molecule has 0 aromatic heterocycles. The van der Waals surface area contributed by atoms with E-state index in [4.69, 9.17) is 10.5 Å². The fourth-order valence-corrected chi connectivity index (χ4v) is 0.976. The van der Waals surface area contributed by atoms with Gasteiger partial charge in [0, 0.05) is 19.8 Å². The number of hydrogen-bond donors (Lipinski definition) is 2. The smallest absolute Gasteiger partial charge is 0.0742 e. The van der Waals surface area contributed by atoms with Crippen LogP contribution in [0.25, 0.3) is 0 Å². The molecule has 3 nitrogen and oxygen atoms in total. The molecule has 0 spiro atoms. The Hall–Kier alpha value is -0.120. The van der Waals surface area contributed by atoms with Crippen molar-refractivity contribution in [1.29, 1.82) is 0 Å². The quantitative estimate of drug-likeness (QED) is 0.591. The van der Waals surface area contributed by atoms with Crippen LogP contribution in [0.4, 0.5) is 0 Å². The lowest BCUT2D eigenvalue weighted by molar-refractivity contribution is 0.0400. The third-order valence-electron chi connectivity index (χ3n) is 1.89. The first-order valence-electron chi connectivity index (χ1n) is 4.98. The minimum Gasteiger partial charge on any atom is -0.389 e. The molecule has 0 amide bonds. The molecular formula is C10H23NO2. The summed E-state index contributed by atoms with van der Waals surface area (Å²) in [5.74, 6) is 0.579. The molecule has 3 N–H and O–H groups in total. The standard InChI is InChI=1S/C10H23NO2/c1-9(2)7-13-6-4-5-10(3,12)8-11/h9,12H,4-8,11H2,1-3H3. The molecule has 1 unspecified atom stereocenters. The summed E-state index contributed by atoms with van der Waals surface area (Å²) in [6, 6.07) is 0. The van der Waals surface area contributed by atoms with Crippen LogP contribution >= 0.6 is 0 Å². The van der Waals surface area contributed by atoms with Crippen LogP contribution in [0, 0.1) is 5.92 Å². The molecule has 0 radical (unpaired) electrons. The molecule has 0 aliphatic heterocycles. The Balaban J connectivity index is 3.26. The summed E-state index contributed by atoms with van der Waals surface area (Å²) in [4.78, 5) is 0. The number of ether oxygens (including phenoxy) is 1. The fourth-order valence-electron chi connectivity index (χ4n) is 0.976. The van der Waals surface area contributed by atoms with Crippen molar-refractivity contribution in [3.63, 3.8) is 0 Å². The van der Waals surface area contributed by atoms with E-state index in [9.17, 15) is 5.11 Å². The lowest BCUT2D eigenvalue weighted by Crippen LogP contribution is -2.34. The van der Waals surface area contributed by atoms with Crippen LogP contribution in [0.15, 0.2) is 0 Å². The summed E-state index contributed by atoms with van der Waals surface area (Å²) < 4.78 is 5.38. The first-order chi connectivity index (χ1) is 5.98. The molecule has 0 saturated carbocycles. The van der Waals surface area contributed by atoms with Gasteiger partial charge in [-0.25, -0.2) is 0 Å². The van der Waals surface area contributed by atoms with Crippen molar-refractivity contribution in [2.75, 3.05) is 19.8 Å². The number of rotatable bonds is 7. The molecule has 0 aromatic rings. The third kappa shape index (κ3) is 8.22. The SMILES string of the molecule is CC(C)COCCCC(C)(O)CN. The molecule has 0 heterocycles. The van der Waals surface area contributed by atoms with Gasteiger partial charge in [-0.3, -0.25) is 0 Å². The molecule has 0 bridgehead atoms. The zero-order valence-electron chi connectivity index (χ0n) is 9.05. The van der Waals surface area contributed by atoms with E-state index in [0.29, 0.717) is 25.5 Å². The summed E-state index contributed by atoms with van der Waals surface area (Å²) >= 11 is 0. The zero-order valence-corrected chi connectivity index (χ0v) is 9.05. The summed E-state index contributed by atoms with van der Waals surface area (Å²) in [5, 5.41) is 9.55. The van der Waals surface area contributed by atoms with Gasteiger partial charge < -0.3 is 15.6 Å². The molecule has 0 rings (SSSR count). The van der Waals surface area contributed by atoms with Gasteiger partial charge >= 0.3 is 0 Å². The van der Waals surface area contributed by atoms with Crippen LogP contribution < -0.4 is 5.73 Å². The van der Waals surface area contributed by atoms with Crippen LogP contribution in [-0.2, 0) is 4.74 Å². The van der Waals surface area contributed by atoms with Crippen molar-refractivity contribution < 1.29 is 9.84 Å². The zero-order chi connectivity index (χ0) is 10.3. The van der Waals surface area contributed by atoms with Gasteiger partial charge in [-0.15, -0.1) is 0 Å². The Morgan fingerprint density at radius 2 is 2.08 bits per heavy atom. The van der Waals surface area contributed by atoms with E-state index < -0.39 is 5.60 Å². The Kier molecular flexibility index (Phi) is 6.29. The van der Waals surface area contributed by atoms with E-state index in [1.165, 1.54) is 0 Å². The first kappa shape index (κ1) is 12.9. The highest BCUT2D eigenvalue weighted by Gasteiger charge is 2.16. The predicted molar refractivity (Wildman–Crippen MR) is 54.6 cm³/mol. The Labute approximate surface area is 81.3 Å². The first-order valence-corrected chi connectivity index (χ1v) is 4.98. The van der Waals surface area contributed by atoms with Crippen LogP contribution in [0.3, 0.4) is 0 Å². The van der Waals surface area contributed by atoms with Gasteiger partial charge in [0.15, 0.2) is 0 Å². The maximum absolute atomic E-state index is 9.55. The van der Waals surface area contributed by atoms with Gasteiger partial charge in [-0.05, 0) is 25.7 Å². The summed E-state index contributed by atoms with van der Waals surface area (Å²) in [5.41, 5.74) is 4.66. The molecular weight excluding hydrogens is 166 g/mol. The van der Waals surface area contributed by atoms with Crippen LogP contribution in [0.1, 0.15) is 33.6 Å². The minimum atomic E-state index is -0.721. The van der Waals surface area contributed by atoms with Gasteiger partial charge in [0.05, 0.1) is 5.60 Å². The highest BCUT2D eigenvalue weighted by molar-refractivity contribution is 4.72. The van der Waals surface area contributed by atoms with Crippen molar-refractivity contribution in [2.45, 2.75) is 39.2 Å². The monoisotopic (exact) mass is 189 g/mol. The third-order valence-corrected chi connectivity index (χ3v) is 1.89. The maximum atomic E-state index is 9.55. The normalized spacial score (nSPS) is 16.2. The van der Waals surface area contributed by atoms with Gasteiger partial charge in [0.25, 0.3) is 0 Å². The van der Waals surface area contributed by atoms with Gasteiger partial charge in [-0.1, -0.05) is 13.8 Å². The second-order valence-electron chi connectivity index (χ2n) is 4.27. The van der Waals surface area contributed by atoms with Crippen LogP contribution in [0.2, 0.25) is 0 Å². The summed E-state index contributed by atoms with van der Waals surface area (Å²) in [7, 11) is 0. The molecule has 13 heavy (non-hydrogen) atoms. The molecule has 0 aromatic carbocycles. The van der Waals surface area contributed by atoms with Gasteiger partial charge in [-0.2, -0.15) is 0 Å². The van der Waals surface area contributed by atoms with E-state index in [0.717, 1.165) is 13.0 Å². The van der Waals surface area contributed by atoms with E-state index >= 15 is 0 Å². The Bertz CT molecular complexity index is 124. The van der Waals surface area contributed by atoms with E-state index in [1.807, 2.05) is 0 Å². The van der Waals surface area contributed by atoms with Crippen molar-refractivity contribution in [2.24, 2.45) is 11.7 Å². The van der Waals surface area contributed by atoms with Crippen LogP contribution in [-0.4, -0.2) is 30.5 Å². The molecule has 0 fully saturated rings. The van der Waals surface area contributed by atoms with Gasteiger partial charge in [0.1, 0.15) is 0 Å². The number of nitrogens with two attached hydrogens (primary N) is 1. The molecule has 0 aliphatic carbocycles. The fraction of sp³-hybridized carbons (Fsp3) is 1.00. The lowest BCUT2D eigenvalue weighted by Gasteiger charge is -2.20. The summed E-state index contributed by atoms with van der Waals surface area (Å²) in [6.45, 7) is 7.83.